The molecule has 2 aliphatic rings. The lowest BCUT2D eigenvalue weighted by molar-refractivity contribution is -0.00837. The summed E-state index contributed by atoms with van der Waals surface area (Å²) in [5.74, 6) is 0.742. The predicted molar refractivity (Wildman–Crippen MR) is 83.2 cm³/mol. The molecule has 19 heavy (non-hydrogen) atoms. The average Bonchev–Trinajstić information content (AvgIpc) is 2.41. The van der Waals surface area contributed by atoms with E-state index in [1.54, 1.807) is 0 Å². The molecule has 2 aliphatic carbocycles. The predicted octanol–water partition coefficient (Wildman–Crippen LogP) is 3.79. The molecule has 0 amide bonds. The monoisotopic (exact) mass is 266 g/mol. The van der Waals surface area contributed by atoms with E-state index in [1.165, 1.54) is 57.9 Å². The van der Waals surface area contributed by atoms with Crippen LogP contribution < -0.4 is 5.73 Å². The van der Waals surface area contributed by atoms with Crippen molar-refractivity contribution in [2.75, 3.05) is 13.1 Å². The van der Waals surface area contributed by atoms with E-state index in [4.69, 9.17) is 5.73 Å². The number of hydrogen-bond donors (Lipinski definition) is 1. The lowest BCUT2D eigenvalue weighted by Gasteiger charge is -2.51. The van der Waals surface area contributed by atoms with E-state index >= 15 is 0 Å². The summed E-state index contributed by atoms with van der Waals surface area (Å²) in [6.45, 7) is 9.41. The Kier molecular flexibility index (Phi) is 5.30. The molecule has 0 bridgehead atoms. The molecular formula is C17H34N2. The van der Waals surface area contributed by atoms with Gasteiger partial charge in [0, 0.05) is 12.1 Å². The van der Waals surface area contributed by atoms with Crippen molar-refractivity contribution in [3.05, 3.63) is 0 Å². The summed E-state index contributed by atoms with van der Waals surface area (Å²) in [4.78, 5) is 2.84. The first-order valence-electron chi connectivity index (χ1n) is 8.56. The first-order chi connectivity index (χ1) is 9.10. The summed E-state index contributed by atoms with van der Waals surface area (Å²) in [5.41, 5.74) is 6.55. The third kappa shape index (κ3) is 3.33. The summed E-state index contributed by atoms with van der Waals surface area (Å²) in [7, 11) is 0. The second-order valence-electron chi connectivity index (χ2n) is 7.43. The van der Waals surface area contributed by atoms with Crippen LogP contribution in [0.5, 0.6) is 0 Å². The quantitative estimate of drug-likeness (QED) is 0.838. The van der Waals surface area contributed by atoms with Crippen LogP contribution in [0.4, 0.5) is 0 Å². The molecule has 2 nitrogen and oxygen atoms in total. The third-order valence-corrected chi connectivity index (χ3v) is 5.81. The summed E-state index contributed by atoms with van der Waals surface area (Å²) >= 11 is 0. The summed E-state index contributed by atoms with van der Waals surface area (Å²) < 4.78 is 0. The van der Waals surface area contributed by atoms with Gasteiger partial charge in [-0.3, -0.25) is 4.90 Å². The fourth-order valence-electron chi connectivity index (χ4n) is 4.68. The molecule has 0 aromatic heterocycles. The van der Waals surface area contributed by atoms with Crippen LogP contribution in [-0.2, 0) is 0 Å². The zero-order valence-electron chi connectivity index (χ0n) is 13.3. The highest BCUT2D eigenvalue weighted by Crippen LogP contribution is 2.41. The first-order valence-corrected chi connectivity index (χ1v) is 8.56. The van der Waals surface area contributed by atoms with Crippen molar-refractivity contribution < 1.29 is 0 Å². The van der Waals surface area contributed by atoms with E-state index in [0.717, 1.165) is 24.5 Å². The van der Waals surface area contributed by atoms with E-state index in [9.17, 15) is 0 Å². The van der Waals surface area contributed by atoms with Crippen molar-refractivity contribution in [3.8, 4) is 0 Å². The van der Waals surface area contributed by atoms with Crippen molar-refractivity contribution in [1.29, 1.82) is 0 Å². The minimum atomic E-state index is 0.491. The first kappa shape index (κ1) is 15.3. The van der Waals surface area contributed by atoms with Crippen LogP contribution in [0.15, 0.2) is 0 Å². The van der Waals surface area contributed by atoms with Gasteiger partial charge in [-0.2, -0.15) is 0 Å². The van der Waals surface area contributed by atoms with Gasteiger partial charge >= 0.3 is 0 Å². The van der Waals surface area contributed by atoms with E-state index < -0.39 is 0 Å². The van der Waals surface area contributed by atoms with Crippen LogP contribution in [0.25, 0.3) is 0 Å². The van der Waals surface area contributed by atoms with Gasteiger partial charge in [0.1, 0.15) is 0 Å². The van der Waals surface area contributed by atoms with Gasteiger partial charge < -0.3 is 5.73 Å². The topological polar surface area (TPSA) is 29.3 Å². The van der Waals surface area contributed by atoms with Crippen LogP contribution in [0.3, 0.4) is 0 Å². The van der Waals surface area contributed by atoms with Gasteiger partial charge in [-0.05, 0) is 50.1 Å². The number of nitrogens with zero attached hydrogens (tertiary/aromatic N) is 1. The molecule has 3 atom stereocenters. The van der Waals surface area contributed by atoms with Crippen molar-refractivity contribution in [3.63, 3.8) is 0 Å². The summed E-state index contributed by atoms with van der Waals surface area (Å²) in [6.07, 6.45) is 11.2. The van der Waals surface area contributed by atoms with Crippen LogP contribution in [0, 0.1) is 11.3 Å². The fraction of sp³-hybridized carbons (Fsp3) is 1.00. The molecule has 2 N–H and O–H groups in total. The molecule has 0 heterocycles. The zero-order valence-corrected chi connectivity index (χ0v) is 13.3. The summed E-state index contributed by atoms with van der Waals surface area (Å²) in [5, 5.41) is 0. The molecule has 0 aliphatic heterocycles. The Morgan fingerprint density at radius 2 is 1.74 bits per heavy atom. The Morgan fingerprint density at radius 3 is 2.37 bits per heavy atom. The second-order valence-corrected chi connectivity index (χ2v) is 7.43. The molecule has 2 fully saturated rings. The van der Waals surface area contributed by atoms with Crippen LogP contribution in [-0.4, -0.2) is 30.1 Å². The van der Waals surface area contributed by atoms with Crippen LogP contribution in [0.2, 0.25) is 0 Å². The highest BCUT2D eigenvalue weighted by molar-refractivity contribution is 4.94. The highest BCUT2D eigenvalue weighted by atomic mass is 15.2. The molecule has 0 spiro atoms. The molecular weight excluding hydrogens is 232 g/mol. The molecule has 0 radical (unpaired) electrons. The van der Waals surface area contributed by atoms with Gasteiger partial charge in [0.2, 0.25) is 0 Å². The normalized spacial score (nSPS) is 35.5. The van der Waals surface area contributed by atoms with E-state index in [0.29, 0.717) is 5.41 Å². The molecule has 3 unspecified atom stereocenters. The number of rotatable bonds is 4. The SMILES string of the molecule is CCN(C1CCCCC1CN)C1CCCCC1(C)C. The van der Waals surface area contributed by atoms with E-state index in [-0.39, 0.29) is 0 Å². The van der Waals surface area contributed by atoms with Crippen LogP contribution in [0.1, 0.15) is 72.1 Å². The Balaban J connectivity index is 2.13. The third-order valence-electron chi connectivity index (χ3n) is 5.81. The Bertz CT molecular complexity index is 274. The van der Waals surface area contributed by atoms with Crippen LogP contribution >= 0.6 is 0 Å². The van der Waals surface area contributed by atoms with Crippen molar-refractivity contribution in [2.24, 2.45) is 17.1 Å². The lowest BCUT2D eigenvalue weighted by atomic mass is 9.71. The number of hydrogen-bond acceptors (Lipinski definition) is 2. The van der Waals surface area contributed by atoms with Gasteiger partial charge in [-0.25, -0.2) is 0 Å². The van der Waals surface area contributed by atoms with E-state index in [1.807, 2.05) is 0 Å². The largest absolute Gasteiger partial charge is 0.330 e. The van der Waals surface area contributed by atoms with Gasteiger partial charge in [0.25, 0.3) is 0 Å². The average molecular weight is 266 g/mol. The Hall–Kier alpha value is -0.0800. The maximum Gasteiger partial charge on any atom is 0.0149 e. The molecule has 0 saturated heterocycles. The van der Waals surface area contributed by atoms with Gasteiger partial charge in [-0.1, -0.05) is 46.5 Å². The molecule has 0 aromatic carbocycles. The van der Waals surface area contributed by atoms with Gasteiger partial charge in [-0.15, -0.1) is 0 Å². The zero-order chi connectivity index (χ0) is 13.9. The van der Waals surface area contributed by atoms with Crippen molar-refractivity contribution in [1.82, 2.24) is 4.90 Å². The van der Waals surface area contributed by atoms with Crippen molar-refractivity contribution >= 4 is 0 Å². The highest BCUT2D eigenvalue weighted by Gasteiger charge is 2.40. The molecule has 0 aromatic rings. The Labute approximate surface area is 120 Å². The van der Waals surface area contributed by atoms with Gasteiger partial charge in [0.15, 0.2) is 0 Å². The lowest BCUT2D eigenvalue weighted by Crippen LogP contribution is -2.55. The number of nitrogens with two attached hydrogens (primary N) is 1. The smallest absolute Gasteiger partial charge is 0.0149 e. The molecule has 2 heteroatoms. The minimum Gasteiger partial charge on any atom is -0.330 e. The Morgan fingerprint density at radius 1 is 1.05 bits per heavy atom. The fourth-order valence-corrected chi connectivity index (χ4v) is 4.68. The van der Waals surface area contributed by atoms with Crippen molar-refractivity contribution in [2.45, 2.75) is 84.2 Å². The maximum atomic E-state index is 6.06. The standard InChI is InChI=1S/C17H34N2/c1-4-19(15-10-6-5-9-14(15)13-18)16-11-7-8-12-17(16,2)3/h14-16H,4-13,18H2,1-3H3. The molecule has 2 saturated carbocycles. The van der Waals surface area contributed by atoms with Gasteiger partial charge in [0.05, 0.1) is 0 Å². The summed E-state index contributed by atoms with van der Waals surface area (Å²) in [6, 6.07) is 1.54. The second kappa shape index (κ2) is 6.58. The molecule has 2 rings (SSSR count). The van der Waals surface area contributed by atoms with E-state index in [2.05, 4.69) is 25.7 Å². The minimum absolute atomic E-state index is 0.491. The molecule has 112 valence electrons. The maximum absolute atomic E-state index is 6.06.